The van der Waals surface area contributed by atoms with Gasteiger partial charge in [0.25, 0.3) is 0 Å². The van der Waals surface area contributed by atoms with Crippen molar-refractivity contribution >= 4 is 23.5 Å². The Labute approximate surface area is 245 Å². The first-order valence-corrected chi connectivity index (χ1v) is 14.1. The molecule has 3 aromatic carbocycles. The van der Waals surface area contributed by atoms with Crippen LogP contribution >= 0.6 is 0 Å². The lowest BCUT2D eigenvalue weighted by Crippen LogP contribution is -2.59. The molecule has 1 amide bonds. The number of rotatable bonds is 12. The van der Waals surface area contributed by atoms with E-state index in [1.807, 2.05) is 73.7 Å². The van der Waals surface area contributed by atoms with E-state index in [-0.39, 0.29) is 19.1 Å². The van der Waals surface area contributed by atoms with Gasteiger partial charge < -0.3 is 24.6 Å². The van der Waals surface area contributed by atoms with Crippen LogP contribution in [0.15, 0.2) is 91.0 Å². The molecule has 3 aliphatic rings. The average Bonchev–Trinajstić information content (AvgIpc) is 2.99. The van der Waals surface area contributed by atoms with Crippen LogP contribution in [0, 0.1) is 11.8 Å². The van der Waals surface area contributed by atoms with Crippen molar-refractivity contribution in [3.05, 3.63) is 113 Å². The molecule has 3 aromatic rings. The molecular formula is C34H35NO7. The van der Waals surface area contributed by atoms with Gasteiger partial charge >= 0.3 is 11.9 Å². The summed E-state index contributed by atoms with van der Waals surface area (Å²) in [6.45, 7) is 7.60. The van der Waals surface area contributed by atoms with Crippen LogP contribution in [0.3, 0.4) is 0 Å². The molecule has 3 unspecified atom stereocenters. The topological polar surface area (TPSA) is 111 Å². The first kappa shape index (κ1) is 29.2. The third kappa shape index (κ3) is 5.35. The standard InChI is InChI=1S/C34H35NO7/c1-21(2)33(39)41-19-11-18-40-22(3)20-42-34-26-16-9-7-14-24(26)28(25-15-8-10-17-27(25)34)29(30(34)32(37)38)31(36)35-23-12-5-4-6-13-23/h4-10,12-17,22,28-30H,1,11,18-20H2,2-3H3,(H,35,36)(H,37,38). The lowest BCUT2D eigenvalue weighted by Gasteiger charge is -2.55. The quantitative estimate of drug-likeness (QED) is 0.174. The molecule has 0 radical (unpaired) electrons. The van der Waals surface area contributed by atoms with Gasteiger partial charge in [-0.3, -0.25) is 9.59 Å². The Kier molecular flexibility index (Phi) is 8.56. The monoisotopic (exact) mass is 569 g/mol. The van der Waals surface area contributed by atoms with Crippen LogP contribution in [0.5, 0.6) is 0 Å². The van der Waals surface area contributed by atoms with E-state index in [0.717, 1.165) is 22.3 Å². The lowest BCUT2D eigenvalue weighted by atomic mass is 9.51. The summed E-state index contributed by atoms with van der Waals surface area (Å²) in [5.74, 6) is -4.49. The summed E-state index contributed by atoms with van der Waals surface area (Å²) >= 11 is 0. The number of esters is 1. The highest BCUT2D eigenvalue weighted by molar-refractivity contribution is 5.98. The minimum atomic E-state index is -1.42. The Morgan fingerprint density at radius 1 is 0.929 bits per heavy atom. The maximum Gasteiger partial charge on any atom is 0.333 e. The number of amides is 1. The molecule has 8 nitrogen and oxygen atoms in total. The molecule has 0 aliphatic heterocycles. The van der Waals surface area contributed by atoms with E-state index < -0.39 is 41.4 Å². The van der Waals surface area contributed by atoms with Crippen LogP contribution < -0.4 is 5.32 Å². The fraction of sp³-hybridized carbons (Fsp3) is 0.324. The Morgan fingerprint density at radius 2 is 1.52 bits per heavy atom. The van der Waals surface area contributed by atoms with Crippen molar-refractivity contribution in [2.45, 2.75) is 37.9 Å². The number of hydrogen-bond acceptors (Lipinski definition) is 6. The summed E-state index contributed by atoms with van der Waals surface area (Å²) in [6, 6.07) is 24.3. The number of carbonyl (C=O) groups excluding carboxylic acids is 2. The van der Waals surface area contributed by atoms with Gasteiger partial charge in [0.05, 0.1) is 31.8 Å². The van der Waals surface area contributed by atoms with Crippen molar-refractivity contribution < 1.29 is 33.7 Å². The van der Waals surface area contributed by atoms with Gasteiger partial charge in [-0.15, -0.1) is 0 Å². The highest BCUT2D eigenvalue weighted by atomic mass is 16.6. The van der Waals surface area contributed by atoms with Crippen LogP contribution in [0.4, 0.5) is 5.69 Å². The molecule has 0 saturated carbocycles. The highest BCUT2D eigenvalue weighted by Gasteiger charge is 2.64. The van der Waals surface area contributed by atoms with Crippen LogP contribution in [0.1, 0.15) is 48.4 Å². The van der Waals surface area contributed by atoms with Crippen LogP contribution in [0.25, 0.3) is 0 Å². The Hall–Kier alpha value is -4.27. The number of aliphatic carboxylic acids is 1. The number of carbonyl (C=O) groups is 3. The zero-order valence-electron chi connectivity index (χ0n) is 23.7. The SMILES string of the molecule is C=C(C)C(=O)OCCCOC(C)COC12c3ccccc3C(c3ccccc31)C(C(=O)Nc1ccccc1)C2C(=O)O. The van der Waals surface area contributed by atoms with Gasteiger partial charge in [0, 0.05) is 23.6 Å². The van der Waals surface area contributed by atoms with Crippen molar-refractivity contribution in [1.82, 2.24) is 0 Å². The molecule has 0 spiro atoms. The molecule has 0 fully saturated rings. The Morgan fingerprint density at radius 3 is 2.12 bits per heavy atom. The van der Waals surface area contributed by atoms with E-state index in [9.17, 15) is 19.5 Å². The number of para-hydroxylation sites is 1. The van der Waals surface area contributed by atoms with E-state index in [4.69, 9.17) is 14.2 Å². The number of nitrogens with one attached hydrogen (secondary N) is 1. The number of carboxylic acid groups (broad SMARTS) is 1. The summed E-state index contributed by atoms with van der Waals surface area (Å²) < 4.78 is 17.8. The summed E-state index contributed by atoms with van der Waals surface area (Å²) in [7, 11) is 0. The second kappa shape index (κ2) is 12.3. The van der Waals surface area contributed by atoms with Gasteiger partial charge in [-0.25, -0.2) is 4.79 Å². The van der Waals surface area contributed by atoms with E-state index in [0.29, 0.717) is 24.3 Å². The predicted molar refractivity (Wildman–Crippen MR) is 157 cm³/mol. The number of fused-ring (bicyclic) bond motifs is 1. The molecule has 0 saturated heterocycles. The zero-order valence-corrected chi connectivity index (χ0v) is 23.7. The van der Waals surface area contributed by atoms with Crippen LogP contribution in [-0.4, -0.2) is 48.9 Å². The number of benzene rings is 3. The number of ether oxygens (including phenoxy) is 3. The molecule has 8 heteroatoms. The molecule has 2 N–H and O–H groups in total. The largest absolute Gasteiger partial charge is 0.481 e. The number of carboxylic acids is 1. The minimum Gasteiger partial charge on any atom is -0.481 e. The molecule has 42 heavy (non-hydrogen) atoms. The average molecular weight is 570 g/mol. The first-order chi connectivity index (χ1) is 20.3. The number of hydrogen-bond donors (Lipinski definition) is 2. The summed E-state index contributed by atoms with van der Waals surface area (Å²) in [6.07, 6.45) is 0.0858. The fourth-order valence-electron chi connectivity index (χ4n) is 6.24. The summed E-state index contributed by atoms with van der Waals surface area (Å²) in [5, 5.41) is 13.7. The molecule has 3 aliphatic carbocycles. The van der Waals surface area contributed by atoms with Gasteiger partial charge in [0.15, 0.2) is 0 Å². The van der Waals surface area contributed by atoms with Gasteiger partial charge in [-0.1, -0.05) is 73.3 Å². The molecule has 6 rings (SSSR count). The summed E-state index contributed by atoms with van der Waals surface area (Å²) in [4.78, 5) is 38.8. The van der Waals surface area contributed by atoms with Crippen molar-refractivity contribution in [3.63, 3.8) is 0 Å². The highest BCUT2D eigenvalue weighted by Crippen LogP contribution is 2.62. The third-order valence-corrected chi connectivity index (χ3v) is 7.98. The molecule has 0 heterocycles. The smallest absolute Gasteiger partial charge is 0.333 e. The lowest BCUT2D eigenvalue weighted by molar-refractivity contribution is -0.174. The maximum atomic E-state index is 14.0. The molecule has 0 aromatic heterocycles. The fourth-order valence-corrected chi connectivity index (χ4v) is 6.24. The van der Waals surface area contributed by atoms with Crippen molar-refractivity contribution in [3.8, 4) is 0 Å². The van der Waals surface area contributed by atoms with Gasteiger partial charge in [-0.05, 0) is 48.2 Å². The summed E-state index contributed by atoms with van der Waals surface area (Å²) in [5.41, 5.74) is 2.79. The third-order valence-electron chi connectivity index (χ3n) is 7.98. The van der Waals surface area contributed by atoms with Gasteiger partial charge in [-0.2, -0.15) is 0 Å². The van der Waals surface area contributed by atoms with Crippen molar-refractivity contribution in [1.29, 1.82) is 0 Å². The zero-order chi connectivity index (χ0) is 29.9. The van der Waals surface area contributed by atoms with Gasteiger partial charge in [0.2, 0.25) is 5.91 Å². The van der Waals surface area contributed by atoms with Gasteiger partial charge in [0.1, 0.15) is 11.5 Å². The van der Waals surface area contributed by atoms with Crippen LogP contribution in [-0.2, 0) is 34.2 Å². The van der Waals surface area contributed by atoms with E-state index in [1.165, 1.54) is 0 Å². The minimum absolute atomic E-state index is 0.0791. The van der Waals surface area contributed by atoms with E-state index in [2.05, 4.69) is 11.9 Å². The second-order valence-electron chi connectivity index (χ2n) is 10.8. The number of anilines is 1. The van der Waals surface area contributed by atoms with Crippen molar-refractivity contribution in [2.75, 3.05) is 25.1 Å². The Bertz CT molecular complexity index is 1440. The second-order valence-corrected chi connectivity index (χ2v) is 10.8. The first-order valence-electron chi connectivity index (χ1n) is 14.1. The molecule has 3 atom stereocenters. The van der Waals surface area contributed by atoms with E-state index >= 15 is 0 Å². The van der Waals surface area contributed by atoms with Crippen LogP contribution in [0.2, 0.25) is 0 Å². The molecule has 2 bridgehead atoms. The normalized spacial score (nSPS) is 22.4. The Balaban J connectivity index is 1.46. The van der Waals surface area contributed by atoms with Crippen molar-refractivity contribution in [2.24, 2.45) is 11.8 Å². The molecular weight excluding hydrogens is 534 g/mol. The predicted octanol–water partition coefficient (Wildman–Crippen LogP) is 5.28. The molecule has 218 valence electrons. The maximum absolute atomic E-state index is 14.0. The van der Waals surface area contributed by atoms with E-state index in [1.54, 1.807) is 19.1 Å².